The fourth-order valence-corrected chi connectivity index (χ4v) is 4.18. The standard InChI is InChI=1S/C24H32N6O4/c1-4-33-23(31)20-18(25-24(32)27-21(20)17-8-6-5-7-9-17)14-29-10-12-30(13-11-29)15-19-26-22(16(2)3)28-34-19/h5-9,16,21H,4,10-15H2,1-3H3,(H2,25,27,32)/t21-/m1/s1. The highest BCUT2D eigenvalue weighted by Gasteiger charge is 2.34. The minimum absolute atomic E-state index is 0.233. The minimum Gasteiger partial charge on any atom is -0.463 e. The van der Waals surface area contributed by atoms with Crippen LogP contribution in [0.15, 0.2) is 46.1 Å². The second kappa shape index (κ2) is 10.8. The van der Waals surface area contributed by atoms with Gasteiger partial charge in [0.1, 0.15) is 0 Å². The summed E-state index contributed by atoms with van der Waals surface area (Å²) in [6.45, 7) is 10.4. The third-order valence-corrected chi connectivity index (χ3v) is 5.99. The van der Waals surface area contributed by atoms with E-state index < -0.39 is 12.0 Å². The van der Waals surface area contributed by atoms with Crippen LogP contribution in [-0.2, 0) is 16.1 Å². The van der Waals surface area contributed by atoms with Gasteiger partial charge in [-0.1, -0.05) is 49.3 Å². The molecule has 182 valence electrons. The fourth-order valence-electron chi connectivity index (χ4n) is 4.18. The molecule has 2 aromatic rings. The summed E-state index contributed by atoms with van der Waals surface area (Å²) in [5, 5.41) is 9.77. The van der Waals surface area contributed by atoms with Gasteiger partial charge in [-0.15, -0.1) is 0 Å². The van der Waals surface area contributed by atoms with Gasteiger partial charge in [0.25, 0.3) is 0 Å². The van der Waals surface area contributed by atoms with Crippen LogP contribution in [0.5, 0.6) is 0 Å². The molecule has 0 unspecified atom stereocenters. The number of esters is 1. The lowest BCUT2D eigenvalue weighted by atomic mass is 9.95. The maximum atomic E-state index is 12.9. The maximum Gasteiger partial charge on any atom is 0.338 e. The van der Waals surface area contributed by atoms with E-state index in [1.807, 2.05) is 44.2 Å². The third-order valence-electron chi connectivity index (χ3n) is 5.99. The number of nitrogens with zero attached hydrogens (tertiary/aromatic N) is 4. The maximum absolute atomic E-state index is 12.9. The lowest BCUT2D eigenvalue weighted by Crippen LogP contribution is -2.51. The highest BCUT2D eigenvalue weighted by molar-refractivity contribution is 5.95. The lowest BCUT2D eigenvalue weighted by molar-refractivity contribution is -0.139. The van der Waals surface area contributed by atoms with E-state index in [9.17, 15) is 9.59 Å². The van der Waals surface area contributed by atoms with Gasteiger partial charge in [0, 0.05) is 44.3 Å². The highest BCUT2D eigenvalue weighted by Crippen LogP contribution is 2.28. The van der Waals surface area contributed by atoms with E-state index in [1.54, 1.807) is 6.92 Å². The predicted octanol–water partition coefficient (Wildman–Crippen LogP) is 2.18. The zero-order chi connectivity index (χ0) is 24.1. The smallest absolute Gasteiger partial charge is 0.338 e. The molecule has 1 aromatic carbocycles. The molecule has 0 spiro atoms. The van der Waals surface area contributed by atoms with Crippen LogP contribution in [0.25, 0.3) is 0 Å². The summed E-state index contributed by atoms with van der Waals surface area (Å²) in [7, 11) is 0. The van der Waals surface area contributed by atoms with Gasteiger partial charge in [-0.3, -0.25) is 9.80 Å². The summed E-state index contributed by atoms with van der Waals surface area (Å²) in [4.78, 5) is 34.4. The molecule has 4 rings (SSSR count). The van der Waals surface area contributed by atoms with Crippen molar-refractivity contribution in [3.05, 3.63) is 58.9 Å². The Hall–Kier alpha value is -3.24. The molecule has 10 heteroatoms. The van der Waals surface area contributed by atoms with Gasteiger partial charge < -0.3 is 19.9 Å². The second-order valence-corrected chi connectivity index (χ2v) is 8.81. The van der Waals surface area contributed by atoms with Gasteiger partial charge in [0.05, 0.1) is 24.8 Å². The summed E-state index contributed by atoms with van der Waals surface area (Å²) in [5.74, 6) is 1.16. The molecule has 0 aliphatic carbocycles. The number of amides is 2. The molecule has 1 aromatic heterocycles. The van der Waals surface area contributed by atoms with Gasteiger partial charge in [-0.05, 0) is 12.5 Å². The van der Waals surface area contributed by atoms with Crippen LogP contribution >= 0.6 is 0 Å². The summed E-state index contributed by atoms with van der Waals surface area (Å²) < 4.78 is 10.7. The summed E-state index contributed by atoms with van der Waals surface area (Å²) in [6.07, 6.45) is 0. The van der Waals surface area contributed by atoms with Crippen molar-refractivity contribution in [2.45, 2.75) is 39.3 Å². The summed E-state index contributed by atoms with van der Waals surface area (Å²) in [5.41, 5.74) is 1.87. The predicted molar refractivity (Wildman–Crippen MR) is 125 cm³/mol. The Morgan fingerprint density at radius 2 is 1.82 bits per heavy atom. The third kappa shape index (κ3) is 5.63. The van der Waals surface area contributed by atoms with Crippen molar-refractivity contribution in [2.24, 2.45) is 0 Å². The van der Waals surface area contributed by atoms with Crippen molar-refractivity contribution in [3.8, 4) is 0 Å². The molecule has 1 fully saturated rings. The number of ether oxygens (including phenoxy) is 1. The number of urea groups is 1. The molecule has 10 nitrogen and oxygen atoms in total. The molecule has 2 amide bonds. The van der Waals surface area contributed by atoms with Crippen LogP contribution < -0.4 is 10.6 Å². The van der Waals surface area contributed by atoms with E-state index in [1.165, 1.54) is 0 Å². The molecule has 0 radical (unpaired) electrons. The van der Waals surface area contributed by atoms with Gasteiger partial charge in [0.2, 0.25) is 5.89 Å². The molecule has 1 saturated heterocycles. The Morgan fingerprint density at radius 3 is 2.44 bits per heavy atom. The van der Waals surface area contributed by atoms with E-state index in [0.717, 1.165) is 37.6 Å². The monoisotopic (exact) mass is 468 g/mol. The van der Waals surface area contributed by atoms with Gasteiger partial charge in [-0.25, -0.2) is 9.59 Å². The largest absolute Gasteiger partial charge is 0.463 e. The summed E-state index contributed by atoms with van der Waals surface area (Å²) >= 11 is 0. The topological polar surface area (TPSA) is 113 Å². The SMILES string of the molecule is CCOC(=O)C1=C(CN2CCN(Cc3nc(C(C)C)no3)CC2)NC(=O)N[C@@H]1c1ccccc1. The first-order chi connectivity index (χ1) is 16.4. The van der Waals surface area contributed by atoms with Gasteiger partial charge in [-0.2, -0.15) is 4.98 Å². The average Bonchev–Trinajstić information content (AvgIpc) is 3.29. The molecule has 3 heterocycles. The Labute approximate surface area is 199 Å². The second-order valence-electron chi connectivity index (χ2n) is 8.81. The Balaban J connectivity index is 1.45. The first kappa shape index (κ1) is 23.9. The number of benzene rings is 1. The first-order valence-electron chi connectivity index (χ1n) is 11.7. The van der Waals surface area contributed by atoms with E-state index in [2.05, 4.69) is 30.6 Å². The Kier molecular flexibility index (Phi) is 7.59. The Morgan fingerprint density at radius 1 is 1.15 bits per heavy atom. The minimum atomic E-state index is -0.557. The van der Waals surface area contributed by atoms with Crippen molar-refractivity contribution < 1.29 is 18.8 Å². The molecule has 1 atom stereocenters. The van der Waals surface area contributed by atoms with Crippen molar-refractivity contribution >= 4 is 12.0 Å². The van der Waals surface area contributed by atoms with Crippen molar-refractivity contribution in [1.82, 2.24) is 30.6 Å². The van der Waals surface area contributed by atoms with E-state index in [0.29, 0.717) is 30.3 Å². The first-order valence-corrected chi connectivity index (χ1v) is 11.7. The molecule has 0 bridgehead atoms. The van der Waals surface area contributed by atoms with Crippen LogP contribution in [0.3, 0.4) is 0 Å². The molecule has 0 saturated carbocycles. The quantitative estimate of drug-likeness (QED) is 0.567. The molecular formula is C24H32N6O4. The number of carbonyl (C=O) groups excluding carboxylic acids is 2. The van der Waals surface area contributed by atoms with Gasteiger partial charge >= 0.3 is 12.0 Å². The zero-order valence-corrected chi connectivity index (χ0v) is 19.9. The molecular weight excluding hydrogens is 436 g/mol. The van der Waals surface area contributed by atoms with Crippen LogP contribution in [0.4, 0.5) is 4.79 Å². The Bertz CT molecular complexity index is 1030. The number of nitrogens with one attached hydrogen (secondary N) is 2. The number of aromatic nitrogens is 2. The summed E-state index contributed by atoms with van der Waals surface area (Å²) in [6, 6.07) is 8.59. The van der Waals surface area contributed by atoms with E-state index in [4.69, 9.17) is 9.26 Å². The van der Waals surface area contributed by atoms with Crippen LogP contribution in [0, 0.1) is 0 Å². The number of piperazine rings is 1. The van der Waals surface area contributed by atoms with Crippen molar-refractivity contribution in [3.63, 3.8) is 0 Å². The molecule has 2 aliphatic heterocycles. The van der Waals surface area contributed by atoms with Crippen molar-refractivity contribution in [1.29, 1.82) is 0 Å². The number of carbonyl (C=O) groups is 2. The number of hydrogen-bond donors (Lipinski definition) is 2. The number of hydrogen-bond acceptors (Lipinski definition) is 8. The fraction of sp³-hybridized carbons (Fsp3) is 0.500. The van der Waals surface area contributed by atoms with E-state index in [-0.39, 0.29) is 18.6 Å². The molecule has 2 N–H and O–H groups in total. The normalized spacial score (nSPS) is 19.8. The lowest BCUT2D eigenvalue weighted by Gasteiger charge is -2.36. The molecule has 2 aliphatic rings. The van der Waals surface area contributed by atoms with Gasteiger partial charge in [0.15, 0.2) is 5.82 Å². The number of rotatable bonds is 8. The zero-order valence-electron chi connectivity index (χ0n) is 19.9. The average molecular weight is 469 g/mol. The van der Waals surface area contributed by atoms with E-state index >= 15 is 0 Å². The van der Waals surface area contributed by atoms with Crippen molar-refractivity contribution in [2.75, 3.05) is 39.3 Å². The van der Waals surface area contributed by atoms with Crippen LogP contribution in [0.2, 0.25) is 0 Å². The molecule has 34 heavy (non-hydrogen) atoms. The van der Waals surface area contributed by atoms with Crippen LogP contribution in [-0.4, -0.2) is 71.3 Å². The highest BCUT2D eigenvalue weighted by atomic mass is 16.5. The van der Waals surface area contributed by atoms with Crippen LogP contribution in [0.1, 0.15) is 50.0 Å².